The molecule has 6 heteroatoms. The van der Waals surface area contributed by atoms with Gasteiger partial charge in [-0.15, -0.1) is 0 Å². The Balaban J connectivity index is 1.90. The van der Waals surface area contributed by atoms with Crippen molar-refractivity contribution in [3.63, 3.8) is 0 Å². The Kier molecular flexibility index (Phi) is 3.66. The van der Waals surface area contributed by atoms with E-state index < -0.39 is 0 Å². The Morgan fingerprint density at radius 1 is 1.05 bits per heavy atom. The van der Waals surface area contributed by atoms with E-state index in [1.54, 1.807) is 12.1 Å². The lowest BCUT2D eigenvalue weighted by Gasteiger charge is -2.17. The molecule has 0 bridgehead atoms. The average Bonchev–Trinajstić information content (AvgIpc) is 2.80. The van der Waals surface area contributed by atoms with E-state index in [1.807, 2.05) is 31.2 Å². The van der Waals surface area contributed by atoms with Crippen molar-refractivity contribution in [3.8, 4) is 0 Å². The average molecular weight is 322 g/mol. The van der Waals surface area contributed by atoms with Gasteiger partial charge in [0, 0.05) is 15.7 Å². The quantitative estimate of drug-likeness (QED) is 0.672. The highest BCUT2D eigenvalue weighted by atomic mass is 35.5. The summed E-state index contributed by atoms with van der Waals surface area (Å²) in [5.74, 6) is 0. The Labute approximate surface area is 131 Å². The van der Waals surface area contributed by atoms with E-state index in [9.17, 15) is 4.79 Å². The van der Waals surface area contributed by atoms with Crippen molar-refractivity contribution in [2.45, 2.75) is 13.0 Å². The molecular formula is C15H13Cl2N3O. The molecule has 0 aliphatic rings. The van der Waals surface area contributed by atoms with Gasteiger partial charge in [0.05, 0.1) is 17.1 Å². The van der Waals surface area contributed by atoms with E-state index in [0.717, 1.165) is 22.3 Å². The molecule has 108 valence electrons. The highest BCUT2D eigenvalue weighted by molar-refractivity contribution is 6.33. The smallest absolute Gasteiger partial charge is 0.323 e. The summed E-state index contributed by atoms with van der Waals surface area (Å²) >= 11 is 12.2. The summed E-state index contributed by atoms with van der Waals surface area (Å²) in [6, 6.07) is 11.0. The molecule has 3 rings (SSSR count). The molecule has 3 aromatic rings. The highest BCUT2D eigenvalue weighted by Crippen LogP contribution is 2.29. The lowest BCUT2D eigenvalue weighted by atomic mass is 10.1. The fourth-order valence-electron chi connectivity index (χ4n) is 2.30. The number of H-pyrrole nitrogens is 2. The maximum Gasteiger partial charge on any atom is 0.323 e. The van der Waals surface area contributed by atoms with Crippen LogP contribution in [-0.4, -0.2) is 9.97 Å². The largest absolute Gasteiger partial charge is 0.378 e. The highest BCUT2D eigenvalue weighted by Gasteiger charge is 2.11. The predicted octanol–water partition coefficient (Wildman–Crippen LogP) is 4.34. The van der Waals surface area contributed by atoms with Crippen molar-refractivity contribution in [2.24, 2.45) is 0 Å². The van der Waals surface area contributed by atoms with Crippen LogP contribution in [0.4, 0.5) is 5.69 Å². The fourth-order valence-corrected chi connectivity index (χ4v) is 2.76. The number of imidazole rings is 1. The minimum Gasteiger partial charge on any atom is -0.378 e. The van der Waals surface area contributed by atoms with Crippen LogP contribution in [0.1, 0.15) is 18.5 Å². The molecule has 4 nitrogen and oxygen atoms in total. The number of anilines is 1. The van der Waals surface area contributed by atoms with Crippen molar-refractivity contribution in [2.75, 3.05) is 5.32 Å². The van der Waals surface area contributed by atoms with Crippen molar-refractivity contribution in [3.05, 3.63) is 62.5 Å². The molecule has 1 atom stereocenters. The SMILES string of the molecule is CC(Nc1ccc2[nH]c(=O)[nH]c2c1)c1cc(Cl)ccc1Cl. The Morgan fingerprint density at radius 3 is 2.62 bits per heavy atom. The van der Waals surface area contributed by atoms with Gasteiger partial charge >= 0.3 is 5.69 Å². The topological polar surface area (TPSA) is 60.7 Å². The van der Waals surface area contributed by atoms with Gasteiger partial charge in [0.15, 0.2) is 0 Å². The molecule has 0 saturated carbocycles. The van der Waals surface area contributed by atoms with Gasteiger partial charge in [-0.25, -0.2) is 4.79 Å². The number of nitrogens with one attached hydrogen (secondary N) is 3. The molecule has 0 fully saturated rings. The van der Waals surface area contributed by atoms with Crippen molar-refractivity contribution >= 4 is 39.9 Å². The number of aromatic nitrogens is 2. The molecule has 21 heavy (non-hydrogen) atoms. The molecule has 2 aromatic carbocycles. The zero-order valence-electron chi connectivity index (χ0n) is 11.2. The lowest BCUT2D eigenvalue weighted by Crippen LogP contribution is -2.07. The minimum atomic E-state index is -0.215. The van der Waals surface area contributed by atoms with Crippen LogP contribution in [0.25, 0.3) is 11.0 Å². The summed E-state index contributed by atoms with van der Waals surface area (Å²) in [6.07, 6.45) is 0. The van der Waals surface area contributed by atoms with Gasteiger partial charge in [0.25, 0.3) is 0 Å². The molecule has 1 unspecified atom stereocenters. The first-order chi connectivity index (χ1) is 10.0. The number of benzene rings is 2. The van der Waals surface area contributed by atoms with Crippen molar-refractivity contribution in [1.29, 1.82) is 0 Å². The van der Waals surface area contributed by atoms with Crippen molar-refractivity contribution < 1.29 is 0 Å². The van der Waals surface area contributed by atoms with E-state index in [-0.39, 0.29) is 11.7 Å². The van der Waals surface area contributed by atoms with E-state index in [1.165, 1.54) is 0 Å². The number of hydrogen-bond donors (Lipinski definition) is 3. The zero-order chi connectivity index (χ0) is 15.0. The monoisotopic (exact) mass is 321 g/mol. The molecule has 0 radical (unpaired) electrons. The molecular weight excluding hydrogens is 309 g/mol. The lowest BCUT2D eigenvalue weighted by molar-refractivity contribution is 0.885. The summed E-state index contributed by atoms with van der Waals surface area (Å²) in [7, 11) is 0. The van der Waals surface area contributed by atoms with Crippen LogP contribution in [0, 0.1) is 0 Å². The van der Waals surface area contributed by atoms with Gasteiger partial charge in [-0.05, 0) is 48.9 Å². The molecule has 0 saturated heterocycles. The summed E-state index contributed by atoms with van der Waals surface area (Å²) in [6.45, 7) is 2.00. The van der Waals surface area contributed by atoms with Gasteiger partial charge in [0.1, 0.15) is 0 Å². The summed E-state index contributed by atoms with van der Waals surface area (Å²) < 4.78 is 0. The zero-order valence-corrected chi connectivity index (χ0v) is 12.7. The van der Waals surface area contributed by atoms with Gasteiger partial charge in [0.2, 0.25) is 0 Å². The number of fused-ring (bicyclic) bond motifs is 1. The first kappa shape index (κ1) is 14.0. The van der Waals surface area contributed by atoms with Gasteiger partial charge in [-0.2, -0.15) is 0 Å². The molecule has 3 N–H and O–H groups in total. The van der Waals surface area contributed by atoms with E-state index in [2.05, 4.69) is 15.3 Å². The van der Waals surface area contributed by atoms with E-state index in [4.69, 9.17) is 23.2 Å². The van der Waals surface area contributed by atoms with Crippen LogP contribution in [-0.2, 0) is 0 Å². The molecule has 0 aliphatic carbocycles. The maximum atomic E-state index is 11.3. The summed E-state index contributed by atoms with van der Waals surface area (Å²) in [5.41, 5.74) is 3.13. The maximum absolute atomic E-state index is 11.3. The third-order valence-electron chi connectivity index (χ3n) is 3.32. The van der Waals surface area contributed by atoms with Gasteiger partial charge < -0.3 is 15.3 Å². The summed E-state index contributed by atoms with van der Waals surface area (Å²) in [5, 5.41) is 4.66. The third kappa shape index (κ3) is 2.91. The second kappa shape index (κ2) is 5.47. The van der Waals surface area contributed by atoms with Crippen LogP contribution in [0.2, 0.25) is 10.0 Å². The van der Waals surface area contributed by atoms with Crippen molar-refractivity contribution in [1.82, 2.24) is 9.97 Å². The molecule has 0 amide bonds. The van der Waals surface area contributed by atoms with Crippen LogP contribution >= 0.6 is 23.2 Å². The van der Waals surface area contributed by atoms with Crippen LogP contribution in [0.3, 0.4) is 0 Å². The Bertz CT molecular complexity index is 853. The van der Waals surface area contributed by atoms with Crippen LogP contribution < -0.4 is 11.0 Å². The van der Waals surface area contributed by atoms with Gasteiger partial charge in [-0.3, -0.25) is 0 Å². The molecule has 0 spiro atoms. The molecule has 1 heterocycles. The first-order valence-electron chi connectivity index (χ1n) is 6.46. The second-order valence-corrected chi connectivity index (χ2v) is 5.71. The number of hydrogen-bond acceptors (Lipinski definition) is 2. The first-order valence-corrected chi connectivity index (χ1v) is 7.22. The fraction of sp³-hybridized carbons (Fsp3) is 0.133. The number of aromatic amines is 2. The number of rotatable bonds is 3. The third-order valence-corrected chi connectivity index (χ3v) is 3.90. The van der Waals surface area contributed by atoms with Crippen LogP contribution in [0.5, 0.6) is 0 Å². The Hall–Kier alpha value is -1.91. The van der Waals surface area contributed by atoms with Crippen LogP contribution in [0.15, 0.2) is 41.2 Å². The van der Waals surface area contributed by atoms with E-state index in [0.29, 0.717) is 10.0 Å². The second-order valence-electron chi connectivity index (χ2n) is 4.87. The minimum absolute atomic E-state index is 0.0145. The molecule has 1 aromatic heterocycles. The summed E-state index contributed by atoms with van der Waals surface area (Å²) in [4.78, 5) is 16.7. The standard InChI is InChI=1S/C15H13Cl2N3O/c1-8(11-6-9(16)2-4-12(11)17)18-10-3-5-13-14(7-10)20-15(21)19-13/h2-8,18H,1H3,(H2,19,20,21). The Morgan fingerprint density at radius 2 is 1.81 bits per heavy atom. The number of halogens is 2. The normalized spacial score (nSPS) is 12.5. The van der Waals surface area contributed by atoms with E-state index >= 15 is 0 Å². The molecule has 0 aliphatic heterocycles. The predicted molar refractivity (Wildman–Crippen MR) is 87.4 cm³/mol. The van der Waals surface area contributed by atoms with Gasteiger partial charge in [-0.1, -0.05) is 23.2 Å².